The summed E-state index contributed by atoms with van der Waals surface area (Å²) in [6.07, 6.45) is -2.31. The summed E-state index contributed by atoms with van der Waals surface area (Å²) in [5.74, 6) is -4.71. The Labute approximate surface area is 201 Å². The van der Waals surface area contributed by atoms with Crippen LogP contribution in [0.15, 0.2) is 48.7 Å². The number of carbonyl (C=O) groups is 1. The SMILES string of the molecule is O=C(Nc1nn(Cc2ccc(Cl)cc2Cl)cc1Cl)c1cccc(COCC(F)(F)C(F)F)c1. The van der Waals surface area contributed by atoms with E-state index in [4.69, 9.17) is 34.8 Å². The highest BCUT2D eigenvalue weighted by atomic mass is 35.5. The number of ether oxygens (including phenoxy) is 1. The monoisotopic (exact) mass is 523 g/mol. The van der Waals surface area contributed by atoms with Gasteiger partial charge in [0, 0.05) is 21.8 Å². The predicted octanol–water partition coefficient (Wildman–Crippen LogP) is 6.56. The lowest BCUT2D eigenvalue weighted by Gasteiger charge is -2.15. The number of benzene rings is 2. The lowest BCUT2D eigenvalue weighted by molar-refractivity contribution is -0.168. The molecule has 0 aliphatic heterocycles. The van der Waals surface area contributed by atoms with E-state index in [0.29, 0.717) is 15.6 Å². The van der Waals surface area contributed by atoms with Gasteiger partial charge >= 0.3 is 12.3 Å². The first kappa shape index (κ1) is 25.3. The van der Waals surface area contributed by atoms with E-state index in [2.05, 4.69) is 15.2 Å². The van der Waals surface area contributed by atoms with Crippen LogP contribution in [-0.2, 0) is 17.9 Å². The molecule has 1 heterocycles. The molecule has 0 bridgehead atoms. The van der Waals surface area contributed by atoms with Gasteiger partial charge in [-0.2, -0.15) is 13.9 Å². The number of halogens is 7. The first-order chi connectivity index (χ1) is 15.5. The molecular formula is C21H16Cl3F4N3O2. The van der Waals surface area contributed by atoms with Gasteiger partial charge in [0.25, 0.3) is 5.91 Å². The molecule has 0 fully saturated rings. The van der Waals surface area contributed by atoms with Crippen LogP contribution in [0.1, 0.15) is 21.5 Å². The van der Waals surface area contributed by atoms with Crippen LogP contribution in [0.2, 0.25) is 15.1 Å². The van der Waals surface area contributed by atoms with E-state index >= 15 is 0 Å². The number of anilines is 1. The van der Waals surface area contributed by atoms with Gasteiger partial charge in [0.15, 0.2) is 5.82 Å². The Bertz CT molecular complexity index is 1140. The Morgan fingerprint density at radius 3 is 2.58 bits per heavy atom. The minimum absolute atomic E-state index is 0.102. The van der Waals surface area contributed by atoms with Gasteiger partial charge in [-0.15, -0.1) is 0 Å². The third-order valence-electron chi connectivity index (χ3n) is 4.37. The van der Waals surface area contributed by atoms with Crippen molar-refractivity contribution in [2.24, 2.45) is 0 Å². The molecule has 1 aromatic heterocycles. The summed E-state index contributed by atoms with van der Waals surface area (Å²) in [5.41, 5.74) is 1.26. The van der Waals surface area contributed by atoms with Gasteiger partial charge in [-0.25, -0.2) is 8.78 Å². The Balaban J connectivity index is 1.64. The minimum Gasteiger partial charge on any atom is -0.370 e. The third-order valence-corrected chi connectivity index (χ3v) is 5.23. The molecule has 0 radical (unpaired) electrons. The number of nitrogens with zero attached hydrogens (tertiary/aromatic N) is 2. The van der Waals surface area contributed by atoms with Gasteiger partial charge in [0.2, 0.25) is 0 Å². The van der Waals surface area contributed by atoms with Crippen LogP contribution in [0.4, 0.5) is 23.4 Å². The number of hydrogen-bond donors (Lipinski definition) is 1. The number of nitrogens with one attached hydrogen (secondary N) is 1. The molecule has 0 saturated carbocycles. The van der Waals surface area contributed by atoms with Crippen molar-refractivity contribution in [2.45, 2.75) is 25.5 Å². The molecular weight excluding hydrogens is 509 g/mol. The third kappa shape index (κ3) is 6.83. The summed E-state index contributed by atoms with van der Waals surface area (Å²) in [5, 5.41) is 7.92. The highest BCUT2D eigenvalue weighted by molar-refractivity contribution is 6.35. The van der Waals surface area contributed by atoms with Crippen molar-refractivity contribution >= 4 is 46.5 Å². The van der Waals surface area contributed by atoms with E-state index in [1.54, 1.807) is 18.2 Å². The van der Waals surface area contributed by atoms with E-state index in [1.807, 2.05) is 0 Å². The Morgan fingerprint density at radius 2 is 1.88 bits per heavy atom. The molecule has 33 heavy (non-hydrogen) atoms. The number of rotatable bonds is 9. The fraction of sp³-hybridized carbons (Fsp3) is 0.238. The standard InChI is InChI=1S/C21H16Cl3F4N3O2/c22-15-5-4-14(16(23)7-15)8-31-9-17(24)18(30-31)29-19(32)13-3-1-2-12(6-13)10-33-11-21(27,28)20(25)26/h1-7,9,20H,8,10-11H2,(H,29,30,32). The molecule has 0 saturated heterocycles. The fourth-order valence-corrected chi connectivity index (χ4v) is 3.40. The Kier molecular flexibility index (Phi) is 8.23. The molecule has 0 atom stereocenters. The first-order valence-corrected chi connectivity index (χ1v) is 10.5. The number of amides is 1. The molecule has 5 nitrogen and oxygen atoms in total. The van der Waals surface area contributed by atoms with E-state index < -0.39 is 24.9 Å². The van der Waals surface area contributed by atoms with Crippen LogP contribution < -0.4 is 5.32 Å². The quantitative estimate of drug-likeness (QED) is 0.323. The molecule has 0 spiro atoms. The number of carbonyl (C=O) groups excluding carboxylic acids is 1. The highest BCUT2D eigenvalue weighted by Gasteiger charge is 2.40. The van der Waals surface area contributed by atoms with Crippen LogP contribution in [0, 0.1) is 0 Å². The van der Waals surface area contributed by atoms with Crippen molar-refractivity contribution in [3.63, 3.8) is 0 Å². The average molecular weight is 525 g/mol. The molecule has 1 amide bonds. The fourth-order valence-electron chi connectivity index (χ4n) is 2.74. The second-order valence-electron chi connectivity index (χ2n) is 6.97. The van der Waals surface area contributed by atoms with Crippen molar-refractivity contribution in [2.75, 3.05) is 11.9 Å². The minimum atomic E-state index is -4.25. The molecule has 0 aliphatic carbocycles. The van der Waals surface area contributed by atoms with Crippen LogP contribution in [0.3, 0.4) is 0 Å². The highest BCUT2D eigenvalue weighted by Crippen LogP contribution is 2.25. The second-order valence-corrected chi connectivity index (χ2v) is 8.22. The molecule has 3 rings (SSSR count). The van der Waals surface area contributed by atoms with Crippen LogP contribution in [0.5, 0.6) is 0 Å². The molecule has 0 aliphatic rings. The summed E-state index contributed by atoms with van der Waals surface area (Å²) in [6, 6.07) is 10.9. The van der Waals surface area contributed by atoms with Crippen LogP contribution >= 0.6 is 34.8 Å². The lowest BCUT2D eigenvalue weighted by Crippen LogP contribution is -2.32. The predicted molar refractivity (Wildman–Crippen MR) is 118 cm³/mol. The molecule has 1 N–H and O–H groups in total. The zero-order valence-electron chi connectivity index (χ0n) is 16.7. The van der Waals surface area contributed by atoms with Crippen molar-refractivity contribution in [3.05, 3.63) is 80.4 Å². The largest absolute Gasteiger partial charge is 0.370 e. The van der Waals surface area contributed by atoms with E-state index in [1.165, 1.54) is 35.1 Å². The molecule has 12 heteroatoms. The number of alkyl halides is 4. The van der Waals surface area contributed by atoms with Gasteiger partial charge in [-0.3, -0.25) is 9.48 Å². The Hall–Kier alpha value is -2.33. The number of aromatic nitrogens is 2. The maximum absolute atomic E-state index is 12.9. The van der Waals surface area contributed by atoms with Crippen molar-refractivity contribution in [3.8, 4) is 0 Å². The zero-order chi connectivity index (χ0) is 24.2. The topological polar surface area (TPSA) is 56.2 Å². The van der Waals surface area contributed by atoms with Gasteiger partial charge in [0.05, 0.1) is 13.2 Å². The van der Waals surface area contributed by atoms with E-state index in [-0.39, 0.29) is 29.6 Å². The molecule has 2 aromatic carbocycles. The summed E-state index contributed by atoms with van der Waals surface area (Å²) < 4.78 is 56.4. The summed E-state index contributed by atoms with van der Waals surface area (Å²) in [4.78, 5) is 12.6. The van der Waals surface area contributed by atoms with Gasteiger partial charge in [-0.1, -0.05) is 53.0 Å². The smallest absolute Gasteiger partial charge is 0.330 e. The lowest BCUT2D eigenvalue weighted by atomic mass is 10.1. The number of hydrogen-bond acceptors (Lipinski definition) is 3. The summed E-state index contributed by atoms with van der Waals surface area (Å²) in [7, 11) is 0. The van der Waals surface area contributed by atoms with E-state index in [9.17, 15) is 22.4 Å². The maximum Gasteiger partial charge on any atom is 0.330 e. The van der Waals surface area contributed by atoms with Gasteiger partial charge < -0.3 is 10.1 Å². The molecule has 176 valence electrons. The van der Waals surface area contributed by atoms with Gasteiger partial charge in [-0.05, 0) is 35.4 Å². The Morgan fingerprint density at radius 1 is 1.12 bits per heavy atom. The normalized spacial score (nSPS) is 11.8. The summed E-state index contributed by atoms with van der Waals surface area (Å²) >= 11 is 18.2. The second kappa shape index (κ2) is 10.7. The van der Waals surface area contributed by atoms with Crippen molar-refractivity contribution in [1.29, 1.82) is 0 Å². The van der Waals surface area contributed by atoms with Crippen molar-refractivity contribution in [1.82, 2.24) is 9.78 Å². The first-order valence-electron chi connectivity index (χ1n) is 9.36. The van der Waals surface area contributed by atoms with E-state index in [0.717, 1.165) is 5.56 Å². The molecule has 0 unspecified atom stereocenters. The summed E-state index contributed by atoms with van der Waals surface area (Å²) in [6.45, 7) is -1.53. The maximum atomic E-state index is 12.9. The zero-order valence-corrected chi connectivity index (χ0v) is 18.9. The average Bonchev–Trinajstić information content (AvgIpc) is 3.08. The van der Waals surface area contributed by atoms with Crippen LogP contribution in [-0.4, -0.2) is 34.6 Å². The molecule has 3 aromatic rings. The van der Waals surface area contributed by atoms with Gasteiger partial charge in [0.1, 0.15) is 11.6 Å². The van der Waals surface area contributed by atoms with Crippen LogP contribution in [0.25, 0.3) is 0 Å². The van der Waals surface area contributed by atoms with Crippen molar-refractivity contribution < 1.29 is 27.1 Å².